The first-order valence-electron chi connectivity index (χ1n) is 7.19. The molecule has 108 valence electrons. The fraction of sp³-hybridized carbons (Fsp3) is 0.500. The molecular weight excluding hydrogens is 252 g/mol. The van der Waals surface area contributed by atoms with E-state index in [-0.39, 0.29) is 17.9 Å². The van der Waals surface area contributed by atoms with Gasteiger partial charge < -0.3 is 5.73 Å². The third-order valence-corrected chi connectivity index (χ3v) is 3.79. The van der Waals surface area contributed by atoms with Crippen LogP contribution in [0.5, 0.6) is 0 Å². The van der Waals surface area contributed by atoms with Crippen molar-refractivity contribution in [2.75, 3.05) is 5.73 Å². The molecule has 0 radical (unpaired) electrons. The zero-order chi connectivity index (χ0) is 14.9. The molecule has 2 N–H and O–H groups in total. The standard InChI is InChI=1S/C16H22N2O2/c1-10(2)5-4-6-11(3)18-15(19)13-8-7-12(17)9-14(13)16(18)20/h7-11H,4-6,17H2,1-3H3. The molecule has 2 amide bonds. The summed E-state index contributed by atoms with van der Waals surface area (Å²) in [5.41, 5.74) is 7.11. The Labute approximate surface area is 119 Å². The maximum absolute atomic E-state index is 12.3. The second kappa shape index (κ2) is 5.65. The maximum Gasteiger partial charge on any atom is 0.261 e. The number of benzene rings is 1. The van der Waals surface area contributed by atoms with Crippen LogP contribution in [0.2, 0.25) is 0 Å². The quantitative estimate of drug-likeness (QED) is 0.663. The molecule has 1 aliphatic heterocycles. The van der Waals surface area contributed by atoms with Crippen LogP contribution in [-0.4, -0.2) is 22.8 Å². The average molecular weight is 274 g/mol. The lowest BCUT2D eigenvalue weighted by atomic mass is 10.0. The summed E-state index contributed by atoms with van der Waals surface area (Å²) in [5.74, 6) is 0.237. The van der Waals surface area contributed by atoms with Gasteiger partial charge in [-0.1, -0.05) is 26.7 Å². The smallest absolute Gasteiger partial charge is 0.261 e. The predicted octanol–water partition coefficient (Wildman–Crippen LogP) is 3.08. The molecule has 0 saturated heterocycles. The van der Waals surface area contributed by atoms with Gasteiger partial charge in [0.25, 0.3) is 11.8 Å². The van der Waals surface area contributed by atoms with Gasteiger partial charge in [0.1, 0.15) is 0 Å². The van der Waals surface area contributed by atoms with Gasteiger partial charge in [-0.3, -0.25) is 14.5 Å². The van der Waals surface area contributed by atoms with Gasteiger partial charge in [0.05, 0.1) is 11.1 Å². The fourth-order valence-corrected chi connectivity index (χ4v) is 2.63. The molecule has 2 rings (SSSR count). The number of hydrogen-bond acceptors (Lipinski definition) is 3. The highest BCUT2D eigenvalue weighted by molar-refractivity contribution is 6.21. The SMILES string of the molecule is CC(C)CCCC(C)N1C(=O)c2ccc(N)cc2C1=O. The first-order chi connectivity index (χ1) is 9.41. The molecule has 0 aromatic heterocycles. The Morgan fingerprint density at radius 1 is 1.05 bits per heavy atom. The number of anilines is 1. The summed E-state index contributed by atoms with van der Waals surface area (Å²) in [6, 6.07) is 4.83. The predicted molar refractivity (Wildman–Crippen MR) is 79.5 cm³/mol. The zero-order valence-corrected chi connectivity index (χ0v) is 12.3. The fourth-order valence-electron chi connectivity index (χ4n) is 2.63. The lowest BCUT2D eigenvalue weighted by Gasteiger charge is -2.22. The summed E-state index contributed by atoms with van der Waals surface area (Å²) in [5, 5.41) is 0. The van der Waals surface area contributed by atoms with Gasteiger partial charge in [-0.05, 0) is 37.5 Å². The van der Waals surface area contributed by atoms with Gasteiger partial charge in [-0.15, -0.1) is 0 Å². The van der Waals surface area contributed by atoms with Crippen molar-refractivity contribution in [3.05, 3.63) is 29.3 Å². The lowest BCUT2D eigenvalue weighted by molar-refractivity contribution is 0.0587. The second-order valence-electron chi connectivity index (χ2n) is 5.96. The van der Waals surface area contributed by atoms with Crippen LogP contribution in [0.3, 0.4) is 0 Å². The summed E-state index contributed by atoms with van der Waals surface area (Å²) in [4.78, 5) is 26.0. The normalized spacial score (nSPS) is 15.9. The van der Waals surface area contributed by atoms with Gasteiger partial charge in [-0.2, -0.15) is 0 Å². The molecule has 0 spiro atoms. The van der Waals surface area contributed by atoms with Crippen LogP contribution in [0.15, 0.2) is 18.2 Å². The molecule has 4 heteroatoms. The van der Waals surface area contributed by atoms with Crippen molar-refractivity contribution < 1.29 is 9.59 Å². The Hall–Kier alpha value is -1.84. The number of rotatable bonds is 5. The van der Waals surface area contributed by atoms with Crippen molar-refractivity contribution in [2.24, 2.45) is 5.92 Å². The zero-order valence-electron chi connectivity index (χ0n) is 12.3. The summed E-state index contributed by atoms with van der Waals surface area (Å²) in [6.45, 7) is 6.29. The van der Waals surface area contributed by atoms with Crippen molar-refractivity contribution >= 4 is 17.5 Å². The molecule has 1 unspecified atom stereocenters. The number of hydrogen-bond donors (Lipinski definition) is 1. The van der Waals surface area contributed by atoms with E-state index in [1.54, 1.807) is 18.2 Å². The van der Waals surface area contributed by atoms with Crippen molar-refractivity contribution in [3.8, 4) is 0 Å². The number of carbonyl (C=O) groups is 2. The summed E-state index contributed by atoms with van der Waals surface area (Å²) in [7, 11) is 0. The Morgan fingerprint density at radius 3 is 2.35 bits per heavy atom. The molecule has 1 heterocycles. The minimum Gasteiger partial charge on any atom is -0.399 e. The highest BCUT2D eigenvalue weighted by Gasteiger charge is 2.38. The molecule has 1 aliphatic rings. The monoisotopic (exact) mass is 274 g/mol. The third-order valence-electron chi connectivity index (χ3n) is 3.79. The van der Waals surface area contributed by atoms with E-state index in [0.29, 0.717) is 22.7 Å². The number of nitrogen functional groups attached to an aromatic ring is 1. The first kappa shape index (κ1) is 14.6. The third kappa shape index (κ3) is 2.69. The van der Waals surface area contributed by atoms with Crippen LogP contribution in [0.1, 0.15) is 60.7 Å². The van der Waals surface area contributed by atoms with E-state index >= 15 is 0 Å². The van der Waals surface area contributed by atoms with Gasteiger partial charge in [0, 0.05) is 11.7 Å². The van der Waals surface area contributed by atoms with Crippen molar-refractivity contribution in [1.82, 2.24) is 4.90 Å². The van der Waals surface area contributed by atoms with Gasteiger partial charge in [0.15, 0.2) is 0 Å². The van der Waals surface area contributed by atoms with Crippen molar-refractivity contribution in [2.45, 2.75) is 46.1 Å². The van der Waals surface area contributed by atoms with Crippen LogP contribution in [-0.2, 0) is 0 Å². The number of amides is 2. The van der Waals surface area contributed by atoms with Gasteiger partial charge >= 0.3 is 0 Å². The van der Waals surface area contributed by atoms with E-state index in [9.17, 15) is 9.59 Å². The summed E-state index contributed by atoms with van der Waals surface area (Å²) in [6.07, 6.45) is 2.98. The molecule has 0 saturated carbocycles. The molecule has 1 aromatic rings. The van der Waals surface area contributed by atoms with Crippen molar-refractivity contribution in [3.63, 3.8) is 0 Å². The molecular formula is C16H22N2O2. The average Bonchev–Trinajstić information content (AvgIpc) is 2.61. The highest BCUT2D eigenvalue weighted by Crippen LogP contribution is 2.28. The summed E-state index contributed by atoms with van der Waals surface area (Å²) < 4.78 is 0. The molecule has 20 heavy (non-hydrogen) atoms. The van der Waals surface area contributed by atoms with Crippen LogP contribution in [0.25, 0.3) is 0 Å². The van der Waals surface area contributed by atoms with Crippen LogP contribution < -0.4 is 5.73 Å². The molecule has 1 aromatic carbocycles. The second-order valence-corrected chi connectivity index (χ2v) is 5.96. The molecule has 1 atom stereocenters. The van der Waals surface area contributed by atoms with Gasteiger partial charge in [-0.25, -0.2) is 0 Å². The molecule has 0 aliphatic carbocycles. The lowest BCUT2D eigenvalue weighted by Crippen LogP contribution is -2.37. The van der Waals surface area contributed by atoms with E-state index in [1.807, 2.05) is 6.92 Å². The van der Waals surface area contributed by atoms with Crippen LogP contribution >= 0.6 is 0 Å². The largest absolute Gasteiger partial charge is 0.399 e. The Morgan fingerprint density at radius 2 is 1.70 bits per heavy atom. The van der Waals surface area contributed by atoms with E-state index in [2.05, 4.69) is 13.8 Å². The van der Waals surface area contributed by atoms with Crippen LogP contribution in [0.4, 0.5) is 5.69 Å². The first-order valence-corrected chi connectivity index (χ1v) is 7.19. The Kier molecular flexibility index (Phi) is 4.12. The van der Waals surface area contributed by atoms with Crippen LogP contribution in [0, 0.1) is 5.92 Å². The van der Waals surface area contributed by atoms with E-state index in [4.69, 9.17) is 5.73 Å². The number of carbonyl (C=O) groups excluding carboxylic acids is 2. The number of fused-ring (bicyclic) bond motifs is 1. The van der Waals surface area contributed by atoms with Gasteiger partial charge in [0.2, 0.25) is 0 Å². The minimum atomic E-state index is -0.214. The highest BCUT2D eigenvalue weighted by atomic mass is 16.2. The summed E-state index contributed by atoms with van der Waals surface area (Å²) >= 11 is 0. The topological polar surface area (TPSA) is 63.4 Å². The Bertz CT molecular complexity index is 537. The molecule has 4 nitrogen and oxygen atoms in total. The maximum atomic E-state index is 12.3. The van der Waals surface area contributed by atoms with E-state index < -0.39 is 0 Å². The molecule has 0 bridgehead atoms. The minimum absolute atomic E-state index is 0.0672. The van der Waals surface area contributed by atoms with E-state index in [0.717, 1.165) is 19.3 Å². The van der Waals surface area contributed by atoms with E-state index in [1.165, 1.54) is 4.90 Å². The number of nitrogens with zero attached hydrogens (tertiary/aromatic N) is 1. The Balaban J connectivity index is 2.11. The van der Waals surface area contributed by atoms with Crippen molar-refractivity contribution in [1.29, 1.82) is 0 Å². The number of imide groups is 1. The number of nitrogens with two attached hydrogens (primary N) is 1. The molecule has 0 fully saturated rings.